The minimum Gasteiger partial charge on any atom is -0.352 e. The van der Waals surface area contributed by atoms with E-state index in [0.717, 1.165) is 24.6 Å². The van der Waals surface area contributed by atoms with Gasteiger partial charge >= 0.3 is 6.18 Å². The quantitative estimate of drug-likeness (QED) is 0.592. The molecule has 0 heterocycles. The number of amides is 1. The number of anilines is 1. The Morgan fingerprint density at radius 2 is 2.05 bits per heavy atom. The summed E-state index contributed by atoms with van der Waals surface area (Å²) in [7, 11) is 0. The molecule has 0 bridgehead atoms. The van der Waals surface area contributed by atoms with Gasteiger partial charge in [0.25, 0.3) is 5.91 Å². The second-order valence-corrected chi connectivity index (χ2v) is 6.00. The van der Waals surface area contributed by atoms with Crippen molar-refractivity contribution in [3.05, 3.63) is 29.3 Å². The molecule has 7 heteroatoms. The topological polar surface area (TPSA) is 67.2 Å². The van der Waals surface area contributed by atoms with Crippen LogP contribution in [0.25, 0.3) is 0 Å². The normalized spacial score (nSPS) is 20.0. The van der Waals surface area contributed by atoms with Gasteiger partial charge in [0, 0.05) is 6.54 Å². The van der Waals surface area contributed by atoms with Crippen molar-refractivity contribution in [3.8, 4) is 0 Å². The maximum Gasteiger partial charge on any atom is 0.416 e. The molecule has 0 aliphatic heterocycles. The van der Waals surface area contributed by atoms with E-state index in [1.807, 2.05) is 0 Å². The van der Waals surface area contributed by atoms with E-state index in [1.54, 1.807) is 0 Å². The zero-order chi connectivity index (χ0) is 15.8. The van der Waals surface area contributed by atoms with E-state index in [4.69, 9.17) is 5.84 Å². The smallest absolute Gasteiger partial charge is 0.352 e. The first kappa shape index (κ1) is 15.6. The summed E-state index contributed by atoms with van der Waals surface area (Å²) in [5.74, 6) is 5.05. The van der Waals surface area contributed by atoms with Gasteiger partial charge in [-0.1, -0.05) is 13.8 Å². The van der Waals surface area contributed by atoms with Gasteiger partial charge in [0.15, 0.2) is 0 Å². The number of halogens is 3. The predicted molar refractivity (Wildman–Crippen MR) is 73.5 cm³/mol. The summed E-state index contributed by atoms with van der Waals surface area (Å²) in [6.07, 6.45) is -3.50. The molecular formula is C14H18F3N3O. The number of hydrazine groups is 1. The van der Waals surface area contributed by atoms with Crippen molar-refractivity contribution in [2.24, 2.45) is 17.2 Å². The number of nitrogen functional groups attached to an aromatic ring is 1. The van der Waals surface area contributed by atoms with Crippen LogP contribution >= 0.6 is 0 Å². The SMILES string of the molecule is CC1(C)CC1CNC(=O)c1cc(C(F)(F)F)ccc1NN. The zero-order valence-corrected chi connectivity index (χ0v) is 11.8. The average Bonchev–Trinajstić information content (AvgIpc) is 3.01. The number of alkyl halides is 3. The Kier molecular flexibility index (Phi) is 3.88. The molecule has 1 amide bonds. The first-order chi connectivity index (χ1) is 9.65. The highest BCUT2D eigenvalue weighted by molar-refractivity contribution is 5.99. The van der Waals surface area contributed by atoms with Gasteiger partial charge in [-0.05, 0) is 36.0 Å². The third-order valence-electron chi connectivity index (χ3n) is 3.97. The van der Waals surface area contributed by atoms with Crippen LogP contribution in [0.3, 0.4) is 0 Å². The summed E-state index contributed by atoms with van der Waals surface area (Å²) in [5, 5.41) is 2.67. The molecule has 0 aromatic heterocycles. The Morgan fingerprint density at radius 3 is 2.52 bits per heavy atom. The summed E-state index contributed by atoms with van der Waals surface area (Å²) in [6, 6.07) is 2.84. The lowest BCUT2D eigenvalue weighted by Crippen LogP contribution is -2.28. The van der Waals surface area contributed by atoms with Gasteiger partial charge in [0.2, 0.25) is 0 Å². The van der Waals surface area contributed by atoms with Gasteiger partial charge in [-0.25, -0.2) is 0 Å². The molecule has 2 rings (SSSR count). The van der Waals surface area contributed by atoms with Crippen molar-refractivity contribution in [3.63, 3.8) is 0 Å². The molecule has 1 atom stereocenters. The lowest BCUT2D eigenvalue weighted by Gasteiger charge is -2.13. The molecule has 1 aromatic rings. The van der Waals surface area contributed by atoms with Crippen molar-refractivity contribution < 1.29 is 18.0 Å². The van der Waals surface area contributed by atoms with Crippen LogP contribution in [0.15, 0.2) is 18.2 Å². The Balaban J connectivity index is 2.14. The zero-order valence-electron chi connectivity index (χ0n) is 11.8. The van der Waals surface area contributed by atoms with Crippen LogP contribution in [0.1, 0.15) is 36.2 Å². The van der Waals surface area contributed by atoms with E-state index in [9.17, 15) is 18.0 Å². The van der Waals surface area contributed by atoms with Crippen LogP contribution in [0.4, 0.5) is 18.9 Å². The summed E-state index contributed by atoms with van der Waals surface area (Å²) in [6.45, 7) is 4.62. The number of hydrogen-bond donors (Lipinski definition) is 3. The second-order valence-electron chi connectivity index (χ2n) is 6.00. The van der Waals surface area contributed by atoms with Crippen LogP contribution in [0.5, 0.6) is 0 Å². The standard InChI is InChI=1S/C14H18F3N3O/c1-13(2)6-9(13)7-19-12(21)10-5-8(14(15,16)17)3-4-11(10)20-18/h3-5,9,20H,6-7,18H2,1-2H3,(H,19,21). The lowest BCUT2D eigenvalue weighted by molar-refractivity contribution is -0.137. The fourth-order valence-corrected chi connectivity index (χ4v) is 2.27. The van der Waals surface area contributed by atoms with Crippen molar-refractivity contribution in [1.29, 1.82) is 0 Å². The average molecular weight is 301 g/mol. The highest BCUT2D eigenvalue weighted by atomic mass is 19.4. The van der Waals surface area contributed by atoms with Crippen molar-refractivity contribution >= 4 is 11.6 Å². The number of rotatable bonds is 4. The van der Waals surface area contributed by atoms with E-state index in [0.29, 0.717) is 12.5 Å². The molecule has 0 saturated heterocycles. The van der Waals surface area contributed by atoms with E-state index in [2.05, 4.69) is 24.6 Å². The number of nitrogens with two attached hydrogens (primary N) is 1. The van der Waals surface area contributed by atoms with Crippen LogP contribution in [-0.2, 0) is 6.18 Å². The molecule has 0 spiro atoms. The monoisotopic (exact) mass is 301 g/mol. The van der Waals surface area contributed by atoms with Crippen LogP contribution in [0.2, 0.25) is 0 Å². The third-order valence-corrected chi connectivity index (χ3v) is 3.97. The number of nitrogens with one attached hydrogen (secondary N) is 2. The predicted octanol–water partition coefficient (Wildman–Crippen LogP) is 2.77. The molecule has 1 fully saturated rings. The van der Waals surface area contributed by atoms with Gasteiger partial charge in [0.05, 0.1) is 16.8 Å². The number of carbonyl (C=O) groups excluding carboxylic acids is 1. The van der Waals surface area contributed by atoms with Gasteiger partial charge in [0.1, 0.15) is 0 Å². The van der Waals surface area contributed by atoms with E-state index < -0.39 is 17.6 Å². The fraction of sp³-hybridized carbons (Fsp3) is 0.500. The Morgan fingerprint density at radius 1 is 1.43 bits per heavy atom. The van der Waals surface area contributed by atoms with Crippen molar-refractivity contribution in [2.75, 3.05) is 12.0 Å². The highest BCUT2D eigenvalue weighted by Gasteiger charge is 2.45. The molecule has 4 nitrogen and oxygen atoms in total. The molecule has 21 heavy (non-hydrogen) atoms. The number of carbonyl (C=O) groups is 1. The lowest BCUT2D eigenvalue weighted by atomic mass is 10.1. The second kappa shape index (κ2) is 5.22. The first-order valence-corrected chi connectivity index (χ1v) is 6.61. The summed E-state index contributed by atoms with van der Waals surface area (Å²) >= 11 is 0. The molecule has 4 N–H and O–H groups in total. The van der Waals surface area contributed by atoms with Gasteiger partial charge in [-0.3, -0.25) is 10.6 Å². The number of hydrogen-bond acceptors (Lipinski definition) is 3. The fourth-order valence-electron chi connectivity index (χ4n) is 2.27. The van der Waals surface area contributed by atoms with Crippen molar-refractivity contribution in [2.45, 2.75) is 26.4 Å². The van der Waals surface area contributed by atoms with Crippen LogP contribution in [-0.4, -0.2) is 12.5 Å². The molecule has 116 valence electrons. The maximum atomic E-state index is 12.7. The molecule has 1 saturated carbocycles. The highest BCUT2D eigenvalue weighted by Crippen LogP contribution is 2.51. The van der Waals surface area contributed by atoms with Gasteiger partial charge in [-0.15, -0.1) is 0 Å². The summed E-state index contributed by atoms with van der Waals surface area (Å²) in [5.41, 5.74) is 1.62. The molecular weight excluding hydrogens is 283 g/mol. The molecule has 1 aliphatic carbocycles. The summed E-state index contributed by atoms with van der Waals surface area (Å²) in [4.78, 5) is 12.1. The molecule has 0 radical (unpaired) electrons. The number of benzene rings is 1. The van der Waals surface area contributed by atoms with Gasteiger partial charge < -0.3 is 10.7 Å². The van der Waals surface area contributed by atoms with Crippen LogP contribution in [0, 0.1) is 11.3 Å². The van der Waals surface area contributed by atoms with E-state index in [-0.39, 0.29) is 16.7 Å². The maximum absolute atomic E-state index is 12.7. The molecule has 1 aromatic carbocycles. The van der Waals surface area contributed by atoms with Gasteiger partial charge in [-0.2, -0.15) is 13.2 Å². The summed E-state index contributed by atoms with van der Waals surface area (Å²) < 4.78 is 38.1. The third kappa shape index (κ3) is 3.47. The molecule has 1 aliphatic rings. The Hall–Kier alpha value is -1.76. The van der Waals surface area contributed by atoms with E-state index >= 15 is 0 Å². The Bertz CT molecular complexity index is 555. The minimum absolute atomic E-state index is 0.106. The Labute approximate surface area is 120 Å². The first-order valence-electron chi connectivity index (χ1n) is 6.61. The van der Waals surface area contributed by atoms with Crippen LogP contribution < -0.4 is 16.6 Å². The van der Waals surface area contributed by atoms with E-state index in [1.165, 1.54) is 0 Å². The molecule has 1 unspecified atom stereocenters. The van der Waals surface area contributed by atoms with Crippen molar-refractivity contribution in [1.82, 2.24) is 5.32 Å². The largest absolute Gasteiger partial charge is 0.416 e. The minimum atomic E-state index is -4.50.